The predicted molar refractivity (Wildman–Crippen MR) is 69.1 cm³/mol. The van der Waals surface area contributed by atoms with Crippen LogP contribution in [-0.2, 0) is 0 Å². The summed E-state index contributed by atoms with van der Waals surface area (Å²) in [7, 11) is 0. The molecular formula is C13H9ClFNO3. The standard InChI is InChI=1S/C13H9ClFNO3/c14-7-3-1-4-8(12(7)15)16-13(19)11-9(17)5-2-6-10(11)18/h1-6,17-18H,(H,16,19). The molecule has 1 amide bonds. The minimum absolute atomic E-state index is 0.139. The predicted octanol–water partition coefficient (Wildman–Crippen LogP) is 3.14. The highest BCUT2D eigenvalue weighted by molar-refractivity contribution is 6.31. The first-order valence-corrected chi connectivity index (χ1v) is 5.65. The second-order valence-electron chi connectivity index (χ2n) is 3.73. The molecule has 3 N–H and O–H groups in total. The van der Waals surface area contributed by atoms with E-state index in [2.05, 4.69) is 5.32 Å². The van der Waals surface area contributed by atoms with Crippen molar-refractivity contribution in [2.45, 2.75) is 0 Å². The van der Waals surface area contributed by atoms with E-state index in [9.17, 15) is 19.4 Å². The molecule has 0 aromatic heterocycles. The quantitative estimate of drug-likeness (QED) is 0.792. The SMILES string of the molecule is O=C(Nc1cccc(Cl)c1F)c1c(O)cccc1O. The van der Waals surface area contributed by atoms with Crippen molar-refractivity contribution in [3.8, 4) is 11.5 Å². The fraction of sp³-hybridized carbons (Fsp3) is 0. The van der Waals surface area contributed by atoms with Crippen molar-refractivity contribution in [3.05, 3.63) is 52.8 Å². The summed E-state index contributed by atoms with van der Waals surface area (Å²) in [6.07, 6.45) is 0. The maximum atomic E-state index is 13.6. The van der Waals surface area contributed by atoms with Gasteiger partial charge in [0, 0.05) is 0 Å². The molecule has 2 aromatic rings. The highest BCUT2D eigenvalue weighted by Gasteiger charge is 2.18. The van der Waals surface area contributed by atoms with E-state index in [4.69, 9.17) is 11.6 Å². The van der Waals surface area contributed by atoms with Crippen LogP contribution in [0.4, 0.5) is 10.1 Å². The van der Waals surface area contributed by atoms with Crippen molar-refractivity contribution in [2.75, 3.05) is 5.32 Å². The Labute approximate surface area is 113 Å². The molecule has 19 heavy (non-hydrogen) atoms. The number of rotatable bonds is 2. The van der Waals surface area contributed by atoms with Gasteiger partial charge in [-0.25, -0.2) is 4.39 Å². The first kappa shape index (κ1) is 13.2. The average Bonchev–Trinajstić information content (AvgIpc) is 2.35. The summed E-state index contributed by atoms with van der Waals surface area (Å²) in [5, 5.41) is 21.1. The Morgan fingerprint density at radius 3 is 2.32 bits per heavy atom. The molecule has 0 saturated heterocycles. The number of aromatic hydroxyl groups is 2. The molecule has 98 valence electrons. The normalized spacial score (nSPS) is 10.2. The fourth-order valence-corrected chi connectivity index (χ4v) is 1.72. The van der Waals surface area contributed by atoms with Gasteiger partial charge >= 0.3 is 0 Å². The third-order valence-corrected chi connectivity index (χ3v) is 2.74. The molecule has 0 aliphatic heterocycles. The molecule has 6 heteroatoms. The molecular weight excluding hydrogens is 273 g/mol. The van der Waals surface area contributed by atoms with E-state index >= 15 is 0 Å². The first-order chi connectivity index (χ1) is 9.00. The van der Waals surface area contributed by atoms with Gasteiger partial charge in [-0.3, -0.25) is 4.79 Å². The Kier molecular flexibility index (Phi) is 3.57. The van der Waals surface area contributed by atoms with Gasteiger partial charge in [0.25, 0.3) is 5.91 Å². The summed E-state index contributed by atoms with van der Waals surface area (Å²) in [5.74, 6) is -2.43. The molecule has 0 aliphatic rings. The third-order valence-electron chi connectivity index (χ3n) is 2.45. The second kappa shape index (κ2) is 5.16. The maximum absolute atomic E-state index is 13.6. The molecule has 0 unspecified atom stereocenters. The Balaban J connectivity index is 2.34. The zero-order valence-electron chi connectivity index (χ0n) is 9.52. The van der Waals surface area contributed by atoms with Crippen molar-refractivity contribution in [3.63, 3.8) is 0 Å². The van der Waals surface area contributed by atoms with Gasteiger partial charge < -0.3 is 15.5 Å². The Morgan fingerprint density at radius 2 is 1.68 bits per heavy atom. The molecule has 0 radical (unpaired) electrons. The van der Waals surface area contributed by atoms with Crippen molar-refractivity contribution >= 4 is 23.2 Å². The van der Waals surface area contributed by atoms with E-state index in [1.807, 2.05) is 0 Å². The number of halogens is 2. The minimum atomic E-state index is -0.836. The molecule has 0 heterocycles. The smallest absolute Gasteiger partial charge is 0.263 e. The molecule has 2 rings (SSSR count). The number of nitrogens with one attached hydrogen (secondary N) is 1. The molecule has 4 nitrogen and oxygen atoms in total. The highest BCUT2D eigenvalue weighted by Crippen LogP contribution is 2.28. The van der Waals surface area contributed by atoms with E-state index in [1.165, 1.54) is 36.4 Å². The zero-order valence-corrected chi connectivity index (χ0v) is 10.3. The molecule has 0 aliphatic carbocycles. The van der Waals surface area contributed by atoms with E-state index in [-0.39, 0.29) is 16.3 Å². The molecule has 0 saturated carbocycles. The summed E-state index contributed by atoms with van der Waals surface area (Å²) in [5.41, 5.74) is -0.470. The van der Waals surface area contributed by atoms with Gasteiger partial charge in [-0.2, -0.15) is 0 Å². The average molecular weight is 282 g/mol. The molecule has 2 aromatic carbocycles. The van der Waals surface area contributed by atoms with Gasteiger partial charge in [0.05, 0.1) is 10.7 Å². The van der Waals surface area contributed by atoms with Crippen molar-refractivity contribution in [2.24, 2.45) is 0 Å². The van der Waals surface area contributed by atoms with Crippen LogP contribution in [0.25, 0.3) is 0 Å². The maximum Gasteiger partial charge on any atom is 0.263 e. The van der Waals surface area contributed by atoms with Crippen molar-refractivity contribution < 1.29 is 19.4 Å². The van der Waals surface area contributed by atoms with Crippen molar-refractivity contribution in [1.29, 1.82) is 0 Å². The summed E-state index contributed by atoms with van der Waals surface area (Å²) < 4.78 is 13.6. The molecule has 0 bridgehead atoms. The minimum Gasteiger partial charge on any atom is -0.507 e. The van der Waals surface area contributed by atoms with Crippen LogP contribution < -0.4 is 5.32 Å². The lowest BCUT2D eigenvalue weighted by atomic mass is 10.1. The van der Waals surface area contributed by atoms with Crippen LogP contribution in [0, 0.1) is 5.82 Å². The van der Waals surface area contributed by atoms with Crippen LogP contribution in [-0.4, -0.2) is 16.1 Å². The number of carbonyl (C=O) groups excluding carboxylic acids is 1. The number of amides is 1. The lowest BCUT2D eigenvalue weighted by molar-refractivity contribution is 0.102. The van der Waals surface area contributed by atoms with Gasteiger partial charge in [0.1, 0.15) is 17.1 Å². The van der Waals surface area contributed by atoms with Gasteiger partial charge in [-0.1, -0.05) is 23.7 Å². The lowest BCUT2D eigenvalue weighted by Crippen LogP contribution is -2.13. The van der Waals surface area contributed by atoms with Crippen LogP contribution in [0.15, 0.2) is 36.4 Å². The summed E-state index contributed by atoms with van der Waals surface area (Å²) in [4.78, 5) is 11.9. The molecule has 0 fully saturated rings. The molecule has 0 spiro atoms. The fourth-order valence-electron chi connectivity index (χ4n) is 1.55. The van der Waals surface area contributed by atoms with E-state index in [1.54, 1.807) is 0 Å². The van der Waals surface area contributed by atoms with Gasteiger partial charge in [-0.05, 0) is 24.3 Å². The number of carbonyl (C=O) groups is 1. The summed E-state index contributed by atoms with van der Waals surface area (Å²) in [6.45, 7) is 0. The van der Waals surface area contributed by atoms with Gasteiger partial charge in [-0.15, -0.1) is 0 Å². The van der Waals surface area contributed by atoms with Crippen LogP contribution in [0.3, 0.4) is 0 Å². The summed E-state index contributed by atoms with van der Waals surface area (Å²) >= 11 is 5.58. The van der Waals surface area contributed by atoms with E-state index in [0.717, 1.165) is 0 Å². The van der Waals surface area contributed by atoms with E-state index in [0.29, 0.717) is 0 Å². The molecule has 0 atom stereocenters. The second-order valence-corrected chi connectivity index (χ2v) is 4.13. The van der Waals surface area contributed by atoms with Crippen LogP contribution in [0.5, 0.6) is 11.5 Å². The Morgan fingerprint density at radius 1 is 1.11 bits per heavy atom. The topological polar surface area (TPSA) is 69.6 Å². The summed E-state index contributed by atoms with van der Waals surface area (Å²) in [6, 6.07) is 7.97. The Hall–Kier alpha value is -2.27. The van der Waals surface area contributed by atoms with E-state index < -0.39 is 23.2 Å². The van der Waals surface area contributed by atoms with Crippen LogP contribution >= 0.6 is 11.6 Å². The monoisotopic (exact) mass is 281 g/mol. The number of anilines is 1. The number of phenolic OH excluding ortho intramolecular Hbond substituents is 2. The van der Waals surface area contributed by atoms with Crippen LogP contribution in [0.1, 0.15) is 10.4 Å². The first-order valence-electron chi connectivity index (χ1n) is 5.27. The van der Waals surface area contributed by atoms with Crippen LogP contribution in [0.2, 0.25) is 5.02 Å². The Bertz CT molecular complexity index is 626. The number of hydrogen-bond donors (Lipinski definition) is 3. The lowest BCUT2D eigenvalue weighted by Gasteiger charge is -2.09. The number of hydrogen-bond acceptors (Lipinski definition) is 3. The highest BCUT2D eigenvalue weighted by atomic mass is 35.5. The number of phenols is 2. The third kappa shape index (κ3) is 2.61. The van der Waals surface area contributed by atoms with Gasteiger partial charge in [0.15, 0.2) is 5.82 Å². The number of benzene rings is 2. The van der Waals surface area contributed by atoms with Gasteiger partial charge in [0.2, 0.25) is 0 Å². The zero-order chi connectivity index (χ0) is 14.0. The van der Waals surface area contributed by atoms with Crippen molar-refractivity contribution in [1.82, 2.24) is 0 Å². The largest absolute Gasteiger partial charge is 0.507 e.